The number of rotatable bonds is 1. The molecule has 2 N–H and O–H groups in total. The molecule has 0 unspecified atom stereocenters. The van der Waals surface area contributed by atoms with Gasteiger partial charge in [0.2, 0.25) is 0 Å². The quantitative estimate of drug-likeness (QED) is 0.581. The van der Waals surface area contributed by atoms with Gasteiger partial charge in [0.25, 0.3) is 0 Å². The number of hydrogen-bond donors (Lipinski definition) is 1. The lowest BCUT2D eigenvalue weighted by Gasteiger charge is -2.16. The fourth-order valence-corrected chi connectivity index (χ4v) is 0.953. The Labute approximate surface area is 80.5 Å². The van der Waals surface area contributed by atoms with Gasteiger partial charge in [-0.2, -0.15) is 13.2 Å². The SMILES string of the molecule is N[C@@H](c1cc(F)c(F)cc1F)C(F)(F)F. The van der Waals surface area contributed by atoms with Crippen molar-refractivity contribution in [2.45, 2.75) is 12.2 Å². The topological polar surface area (TPSA) is 26.0 Å². The summed E-state index contributed by atoms with van der Waals surface area (Å²) >= 11 is 0. The van der Waals surface area contributed by atoms with Gasteiger partial charge in [0.1, 0.15) is 11.9 Å². The zero-order valence-corrected chi connectivity index (χ0v) is 7.08. The molecule has 1 aromatic rings. The van der Waals surface area contributed by atoms with Crippen molar-refractivity contribution in [1.82, 2.24) is 0 Å². The Morgan fingerprint density at radius 2 is 1.40 bits per heavy atom. The molecular weight excluding hydrogens is 224 g/mol. The summed E-state index contributed by atoms with van der Waals surface area (Å²) in [5.41, 5.74) is 3.51. The molecule has 84 valence electrons. The van der Waals surface area contributed by atoms with Gasteiger partial charge in [-0.3, -0.25) is 0 Å². The normalized spacial score (nSPS) is 14.1. The summed E-state index contributed by atoms with van der Waals surface area (Å²) < 4.78 is 73.9. The summed E-state index contributed by atoms with van der Waals surface area (Å²) in [5, 5.41) is 0. The highest BCUT2D eigenvalue weighted by Crippen LogP contribution is 2.32. The van der Waals surface area contributed by atoms with Gasteiger partial charge in [-0.15, -0.1) is 0 Å². The highest BCUT2D eigenvalue weighted by molar-refractivity contribution is 5.24. The second-order valence-electron chi connectivity index (χ2n) is 2.81. The second kappa shape index (κ2) is 3.73. The van der Waals surface area contributed by atoms with Crippen molar-refractivity contribution in [3.8, 4) is 0 Å². The molecule has 0 bridgehead atoms. The Balaban J connectivity index is 3.21. The third kappa shape index (κ3) is 2.41. The number of alkyl halides is 3. The monoisotopic (exact) mass is 229 g/mol. The lowest BCUT2D eigenvalue weighted by Crippen LogP contribution is -2.29. The lowest BCUT2D eigenvalue weighted by atomic mass is 10.1. The van der Waals surface area contributed by atoms with E-state index in [9.17, 15) is 26.3 Å². The van der Waals surface area contributed by atoms with Gasteiger partial charge < -0.3 is 5.73 Å². The third-order valence-electron chi connectivity index (χ3n) is 1.73. The maximum atomic E-state index is 12.8. The second-order valence-corrected chi connectivity index (χ2v) is 2.81. The number of hydrogen-bond acceptors (Lipinski definition) is 1. The number of halogens is 6. The predicted molar refractivity (Wildman–Crippen MR) is 39.3 cm³/mol. The van der Waals surface area contributed by atoms with Gasteiger partial charge in [0, 0.05) is 11.6 Å². The van der Waals surface area contributed by atoms with Crippen LogP contribution in [-0.2, 0) is 0 Å². The van der Waals surface area contributed by atoms with E-state index in [4.69, 9.17) is 0 Å². The van der Waals surface area contributed by atoms with Gasteiger partial charge in [-0.05, 0) is 6.07 Å². The molecule has 0 radical (unpaired) electrons. The van der Waals surface area contributed by atoms with E-state index in [1.54, 1.807) is 0 Å². The molecule has 1 nitrogen and oxygen atoms in total. The Bertz CT molecular complexity index is 372. The molecule has 15 heavy (non-hydrogen) atoms. The van der Waals surface area contributed by atoms with E-state index >= 15 is 0 Å². The standard InChI is InChI=1S/C8H5F6N/c9-4-2-6(11)5(10)1-3(4)7(15)8(12,13)14/h1-2,7H,15H2/t7-/m0/s1. The van der Waals surface area contributed by atoms with Crippen LogP contribution in [0.15, 0.2) is 12.1 Å². The zero-order valence-electron chi connectivity index (χ0n) is 7.08. The van der Waals surface area contributed by atoms with E-state index in [2.05, 4.69) is 5.73 Å². The van der Waals surface area contributed by atoms with Crippen LogP contribution < -0.4 is 5.73 Å². The van der Waals surface area contributed by atoms with Crippen LogP contribution in [0.4, 0.5) is 26.3 Å². The van der Waals surface area contributed by atoms with Crippen molar-refractivity contribution in [1.29, 1.82) is 0 Å². The summed E-state index contributed by atoms with van der Waals surface area (Å²) in [6.45, 7) is 0. The van der Waals surface area contributed by atoms with Crippen molar-refractivity contribution in [2.24, 2.45) is 5.73 Å². The molecular formula is C8H5F6N. The van der Waals surface area contributed by atoms with Crippen LogP contribution in [0.3, 0.4) is 0 Å². The van der Waals surface area contributed by atoms with E-state index in [1.807, 2.05) is 0 Å². The molecule has 0 saturated carbocycles. The molecule has 0 saturated heterocycles. The highest BCUT2D eigenvalue weighted by atomic mass is 19.4. The summed E-state index contributed by atoms with van der Waals surface area (Å²) in [5.74, 6) is -4.67. The van der Waals surface area contributed by atoms with Crippen LogP contribution in [0.5, 0.6) is 0 Å². The van der Waals surface area contributed by atoms with E-state index in [0.29, 0.717) is 0 Å². The average molecular weight is 229 g/mol. The molecule has 0 aliphatic heterocycles. The summed E-state index contributed by atoms with van der Waals surface area (Å²) in [7, 11) is 0. The average Bonchev–Trinajstić information content (AvgIpc) is 2.08. The highest BCUT2D eigenvalue weighted by Gasteiger charge is 2.39. The first kappa shape index (κ1) is 11.8. The van der Waals surface area contributed by atoms with Crippen molar-refractivity contribution in [3.05, 3.63) is 35.1 Å². The Morgan fingerprint density at radius 3 is 1.87 bits per heavy atom. The summed E-state index contributed by atoms with van der Waals surface area (Å²) in [4.78, 5) is 0. The van der Waals surface area contributed by atoms with Crippen molar-refractivity contribution >= 4 is 0 Å². The fraction of sp³-hybridized carbons (Fsp3) is 0.250. The lowest BCUT2D eigenvalue weighted by molar-refractivity contribution is -0.149. The molecule has 1 atom stereocenters. The minimum atomic E-state index is -4.91. The molecule has 0 amide bonds. The maximum absolute atomic E-state index is 12.8. The van der Waals surface area contributed by atoms with Crippen molar-refractivity contribution in [2.75, 3.05) is 0 Å². The third-order valence-corrected chi connectivity index (χ3v) is 1.73. The van der Waals surface area contributed by atoms with Crippen LogP contribution >= 0.6 is 0 Å². The molecule has 1 aromatic carbocycles. The summed E-state index contributed by atoms with van der Waals surface area (Å²) in [6.07, 6.45) is -4.91. The molecule has 0 heterocycles. The van der Waals surface area contributed by atoms with E-state index in [1.165, 1.54) is 0 Å². The summed E-state index contributed by atoms with van der Waals surface area (Å²) in [6, 6.07) is -2.55. The van der Waals surface area contributed by atoms with E-state index in [-0.39, 0.29) is 12.1 Å². The smallest absolute Gasteiger partial charge is 0.316 e. The molecule has 7 heteroatoms. The van der Waals surface area contributed by atoms with E-state index < -0.39 is 35.2 Å². The molecule has 0 fully saturated rings. The molecule has 0 spiro atoms. The Morgan fingerprint density at radius 1 is 0.933 bits per heavy atom. The molecule has 0 aliphatic carbocycles. The maximum Gasteiger partial charge on any atom is 0.407 e. The number of benzene rings is 1. The first-order chi connectivity index (χ1) is 6.73. The van der Waals surface area contributed by atoms with Crippen LogP contribution in [0.1, 0.15) is 11.6 Å². The largest absolute Gasteiger partial charge is 0.407 e. The predicted octanol–water partition coefficient (Wildman–Crippen LogP) is 2.67. The first-order valence-electron chi connectivity index (χ1n) is 3.70. The minimum Gasteiger partial charge on any atom is -0.316 e. The fourth-order valence-electron chi connectivity index (χ4n) is 0.953. The van der Waals surface area contributed by atoms with Crippen LogP contribution in [-0.4, -0.2) is 6.18 Å². The molecule has 0 aliphatic rings. The van der Waals surface area contributed by atoms with Crippen molar-refractivity contribution < 1.29 is 26.3 Å². The van der Waals surface area contributed by atoms with Gasteiger partial charge >= 0.3 is 6.18 Å². The minimum absolute atomic E-state index is 0.0241. The Kier molecular flexibility index (Phi) is 2.94. The van der Waals surface area contributed by atoms with Crippen LogP contribution in [0.25, 0.3) is 0 Å². The van der Waals surface area contributed by atoms with Gasteiger partial charge in [-0.1, -0.05) is 0 Å². The van der Waals surface area contributed by atoms with Gasteiger partial charge in [-0.25, -0.2) is 13.2 Å². The molecule has 1 rings (SSSR count). The van der Waals surface area contributed by atoms with Crippen LogP contribution in [0.2, 0.25) is 0 Å². The van der Waals surface area contributed by atoms with Crippen molar-refractivity contribution in [3.63, 3.8) is 0 Å². The van der Waals surface area contributed by atoms with E-state index in [0.717, 1.165) is 0 Å². The number of nitrogens with two attached hydrogens (primary N) is 1. The first-order valence-corrected chi connectivity index (χ1v) is 3.70. The van der Waals surface area contributed by atoms with Gasteiger partial charge in [0.15, 0.2) is 11.6 Å². The van der Waals surface area contributed by atoms with Gasteiger partial charge in [0.05, 0.1) is 0 Å². The van der Waals surface area contributed by atoms with Crippen LogP contribution in [0, 0.1) is 17.5 Å². The molecule has 0 aromatic heterocycles. The zero-order chi connectivity index (χ0) is 11.8. The Hall–Kier alpha value is -1.24.